The number of nitrogens with zero attached hydrogens (tertiary/aromatic N) is 2. The molecule has 1 aromatic heterocycles. The first-order valence-corrected chi connectivity index (χ1v) is 3.94. The normalized spacial score (nSPS) is 9.38. The lowest BCUT2D eigenvalue weighted by Crippen LogP contribution is -2.19. The van der Waals surface area contributed by atoms with Crippen molar-refractivity contribution in [1.29, 1.82) is 0 Å². The molecule has 0 fully saturated rings. The van der Waals surface area contributed by atoms with Crippen molar-refractivity contribution < 1.29 is 9.53 Å². The Bertz CT molecular complexity index is 284. The molecule has 1 rings (SSSR count). The van der Waals surface area contributed by atoms with Gasteiger partial charge in [-0.3, -0.25) is 4.79 Å². The molecule has 0 aliphatic heterocycles. The van der Waals surface area contributed by atoms with Gasteiger partial charge in [0.05, 0.1) is 19.0 Å². The predicted octanol–water partition coefficient (Wildman–Crippen LogP) is 0.235. The summed E-state index contributed by atoms with van der Waals surface area (Å²) < 4.78 is 5.07. The van der Waals surface area contributed by atoms with E-state index in [1.807, 2.05) is 6.92 Å². The molecule has 70 valence electrons. The van der Waals surface area contributed by atoms with Crippen LogP contribution in [-0.2, 0) is 0 Å². The van der Waals surface area contributed by atoms with E-state index in [0.717, 1.165) is 0 Å². The Balaban J connectivity index is 2.75. The highest BCUT2D eigenvalue weighted by Gasteiger charge is 2.04. The molecule has 0 radical (unpaired) electrons. The van der Waals surface area contributed by atoms with Crippen molar-refractivity contribution in [2.45, 2.75) is 6.92 Å². The first-order valence-electron chi connectivity index (χ1n) is 3.94. The van der Waals surface area contributed by atoms with E-state index in [-0.39, 0.29) is 11.6 Å². The molecule has 0 aliphatic carbocycles. The van der Waals surface area contributed by atoms with E-state index in [1.54, 1.807) is 7.05 Å². The van der Waals surface area contributed by atoms with Crippen LogP contribution in [0.1, 0.15) is 17.4 Å². The molecule has 1 N–H and O–H groups in total. The molecule has 0 saturated carbocycles. The molecule has 0 unspecified atom stereocenters. The molecule has 0 spiro atoms. The molecule has 5 nitrogen and oxygen atoms in total. The summed E-state index contributed by atoms with van der Waals surface area (Å²) >= 11 is 0. The van der Waals surface area contributed by atoms with Gasteiger partial charge in [0.2, 0.25) is 5.88 Å². The van der Waals surface area contributed by atoms with Crippen molar-refractivity contribution in [2.75, 3.05) is 13.7 Å². The molecule has 1 amide bonds. The van der Waals surface area contributed by atoms with Crippen LogP contribution in [0.15, 0.2) is 12.4 Å². The topological polar surface area (TPSA) is 64.1 Å². The average Bonchev–Trinajstić information content (AvgIpc) is 2.18. The van der Waals surface area contributed by atoms with E-state index in [1.165, 1.54) is 12.4 Å². The first-order chi connectivity index (χ1) is 6.27. The number of hydrogen-bond donors (Lipinski definition) is 1. The van der Waals surface area contributed by atoms with E-state index in [0.29, 0.717) is 12.5 Å². The molecule has 0 bridgehead atoms. The van der Waals surface area contributed by atoms with Crippen LogP contribution >= 0.6 is 0 Å². The van der Waals surface area contributed by atoms with Crippen molar-refractivity contribution >= 4 is 5.91 Å². The zero-order valence-corrected chi connectivity index (χ0v) is 7.57. The molecule has 0 aromatic carbocycles. The van der Waals surface area contributed by atoms with Gasteiger partial charge < -0.3 is 10.1 Å². The van der Waals surface area contributed by atoms with Crippen LogP contribution < -0.4 is 10.1 Å². The minimum absolute atomic E-state index is 0.254. The Morgan fingerprint density at radius 1 is 1.54 bits per heavy atom. The van der Waals surface area contributed by atoms with Crippen LogP contribution in [0.25, 0.3) is 0 Å². The molecule has 1 aromatic rings. The van der Waals surface area contributed by atoms with E-state index in [2.05, 4.69) is 15.3 Å². The van der Waals surface area contributed by atoms with Crippen molar-refractivity contribution in [2.24, 2.45) is 0 Å². The third-order valence-corrected chi connectivity index (χ3v) is 1.38. The predicted molar refractivity (Wildman–Crippen MR) is 46.6 cm³/mol. The molecular weight excluding hydrogens is 170 g/mol. The maximum atomic E-state index is 11.0. The summed E-state index contributed by atoms with van der Waals surface area (Å²) in [4.78, 5) is 18.8. The number of aromatic nitrogens is 2. The summed E-state index contributed by atoms with van der Waals surface area (Å²) in [5, 5.41) is 2.45. The maximum absolute atomic E-state index is 11.0. The Hall–Kier alpha value is -1.65. The summed E-state index contributed by atoms with van der Waals surface area (Å²) in [7, 11) is 1.54. The van der Waals surface area contributed by atoms with E-state index < -0.39 is 0 Å². The second-order valence-electron chi connectivity index (χ2n) is 2.25. The third kappa shape index (κ3) is 2.40. The fraction of sp³-hybridized carbons (Fsp3) is 0.375. The summed E-state index contributed by atoms with van der Waals surface area (Å²) in [5.41, 5.74) is 0.283. The average molecular weight is 181 g/mol. The molecule has 13 heavy (non-hydrogen) atoms. The SMILES string of the molecule is CCOc1cnc(C(=O)NC)cn1. The number of amides is 1. The molecule has 0 saturated heterocycles. The maximum Gasteiger partial charge on any atom is 0.271 e. The first kappa shape index (κ1) is 9.44. The fourth-order valence-electron chi connectivity index (χ4n) is 0.784. The largest absolute Gasteiger partial charge is 0.477 e. The number of nitrogens with one attached hydrogen (secondary N) is 1. The highest BCUT2D eigenvalue weighted by atomic mass is 16.5. The quantitative estimate of drug-likeness (QED) is 0.725. The minimum Gasteiger partial charge on any atom is -0.477 e. The van der Waals surface area contributed by atoms with Gasteiger partial charge in [-0.15, -0.1) is 0 Å². The minimum atomic E-state index is -0.254. The molecule has 5 heteroatoms. The number of hydrogen-bond acceptors (Lipinski definition) is 4. The van der Waals surface area contributed by atoms with Gasteiger partial charge in [-0.05, 0) is 6.92 Å². The van der Waals surface area contributed by atoms with Crippen molar-refractivity contribution in [3.05, 3.63) is 18.1 Å². The number of carbonyl (C=O) groups excluding carboxylic acids is 1. The van der Waals surface area contributed by atoms with Crippen molar-refractivity contribution in [3.8, 4) is 5.88 Å². The summed E-state index contributed by atoms with van der Waals surface area (Å²) in [6, 6.07) is 0. The molecular formula is C8H11N3O2. The Morgan fingerprint density at radius 2 is 2.31 bits per heavy atom. The Morgan fingerprint density at radius 3 is 2.77 bits per heavy atom. The second kappa shape index (κ2) is 4.39. The lowest BCUT2D eigenvalue weighted by atomic mass is 10.4. The van der Waals surface area contributed by atoms with Crippen molar-refractivity contribution in [1.82, 2.24) is 15.3 Å². The van der Waals surface area contributed by atoms with E-state index in [4.69, 9.17) is 4.74 Å². The lowest BCUT2D eigenvalue weighted by molar-refractivity contribution is 0.0957. The smallest absolute Gasteiger partial charge is 0.271 e. The number of ether oxygens (including phenoxy) is 1. The van der Waals surface area contributed by atoms with E-state index in [9.17, 15) is 4.79 Å². The van der Waals surface area contributed by atoms with Gasteiger partial charge in [0.25, 0.3) is 5.91 Å². The van der Waals surface area contributed by atoms with Gasteiger partial charge in [-0.25, -0.2) is 9.97 Å². The molecule has 1 heterocycles. The van der Waals surface area contributed by atoms with Gasteiger partial charge in [0, 0.05) is 7.05 Å². The van der Waals surface area contributed by atoms with Crippen LogP contribution in [-0.4, -0.2) is 29.5 Å². The second-order valence-corrected chi connectivity index (χ2v) is 2.25. The summed E-state index contributed by atoms with van der Waals surface area (Å²) in [6.07, 6.45) is 2.80. The zero-order valence-electron chi connectivity index (χ0n) is 7.57. The highest BCUT2D eigenvalue weighted by molar-refractivity contribution is 5.91. The van der Waals surface area contributed by atoms with Gasteiger partial charge in [-0.1, -0.05) is 0 Å². The number of carbonyl (C=O) groups is 1. The van der Waals surface area contributed by atoms with Gasteiger partial charge in [-0.2, -0.15) is 0 Å². The monoisotopic (exact) mass is 181 g/mol. The fourth-order valence-corrected chi connectivity index (χ4v) is 0.784. The van der Waals surface area contributed by atoms with Gasteiger partial charge in [0.1, 0.15) is 5.69 Å². The zero-order chi connectivity index (χ0) is 9.68. The molecule has 0 atom stereocenters. The standard InChI is InChI=1S/C8H11N3O2/c1-3-13-7-5-10-6(4-11-7)8(12)9-2/h4-5H,3H2,1-2H3,(H,9,12). The van der Waals surface area contributed by atoms with Crippen LogP contribution in [0.2, 0.25) is 0 Å². The van der Waals surface area contributed by atoms with E-state index >= 15 is 0 Å². The van der Waals surface area contributed by atoms with Gasteiger partial charge in [0.15, 0.2) is 0 Å². The van der Waals surface area contributed by atoms with Crippen LogP contribution in [0, 0.1) is 0 Å². The Kier molecular flexibility index (Phi) is 3.19. The van der Waals surface area contributed by atoms with Crippen molar-refractivity contribution in [3.63, 3.8) is 0 Å². The third-order valence-electron chi connectivity index (χ3n) is 1.38. The summed E-state index contributed by atoms with van der Waals surface area (Å²) in [5.74, 6) is 0.172. The van der Waals surface area contributed by atoms with Crippen LogP contribution in [0.5, 0.6) is 5.88 Å². The molecule has 0 aliphatic rings. The Labute approximate surface area is 76.2 Å². The highest BCUT2D eigenvalue weighted by Crippen LogP contribution is 2.03. The summed E-state index contributed by atoms with van der Waals surface area (Å²) in [6.45, 7) is 2.39. The van der Waals surface area contributed by atoms with Gasteiger partial charge >= 0.3 is 0 Å². The van der Waals surface area contributed by atoms with Crippen LogP contribution in [0.3, 0.4) is 0 Å². The van der Waals surface area contributed by atoms with Crippen LogP contribution in [0.4, 0.5) is 0 Å². The lowest BCUT2D eigenvalue weighted by Gasteiger charge is -2.01. The number of rotatable bonds is 3.